The Balaban J connectivity index is 2.03. The van der Waals surface area contributed by atoms with Gasteiger partial charge in [-0.3, -0.25) is 9.78 Å². The standard InChI is InChI=1S/C22H31N3O3/c1-6-8-11-24-20(26)17-14-16(17)15-10-12-23-19(13-15)18(9-7-2)25-21(27)28-22(3,4)5/h6-7,10,12-13,16-18H,1-2,8-9,11,14H2,3-5H3,(H,24,26)(H,25,27)/t16-,17-,18-/m0/s1. The van der Waals surface area contributed by atoms with Gasteiger partial charge in [-0.25, -0.2) is 4.79 Å². The number of carbonyl (C=O) groups excluding carboxylic acids is 2. The van der Waals surface area contributed by atoms with E-state index in [1.807, 2.05) is 32.9 Å². The summed E-state index contributed by atoms with van der Waals surface area (Å²) in [6, 6.07) is 3.57. The fraction of sp³-hybridized carbons (Fsp3) is 0.500. The van der Waals surface area contributed by atoms with E-state index in [-0.39, 0.29) is 23.8 Å². The molecule has 2 amide bonds. The van der Waals surface area contributed by atoms with Gasteiger partial charge in [0.2, 0.25) is 5.91 Å². The molecule has 1 fully saturated rings. The van der Waals surface area contributed by atoms with Crippen LogP contribution in [0.4, 0.5) is 4.79 Å². The zero-order valence-electron chi connectivity index (χ0n) is 17.0. The Kier molecular flexibility index (Phi) is 7.38. The molecule has 0 spiro atoms. The van der Waals surface area contributed by atoms with Crippen LogP contribution in [0.2, 0.25) is 0 Å². The normalized spacial score (nSPS) is 19.2. The predicted octanol–water partition coefficient (Wildman–Crippen LogP) is 4.02. The molecule has 152 valence electrons. The van der Waals surface area contributed by atoms with Crippen molar-refractivity contribution in [1.29, 1.82) is 0 Å². The van der Waals surface area contributed by atoms with Crippen molar-refractivity contribution in [3.8, 4) is 0 Å². The van der Waals surface area contributed by atoms with Crippen molar-refractivity contribution in [2.45, 2.75) is 57.6 Å². The lowest BCUT2D eigenvalue weighted by atomic mass is 10.0. The number of nitrogens with zero attached hydrogens (tertiary/aromatic N) is 1. The number of rotatable bonds is 9. The predicted molar refractivity (Wildman–Crippen MR) is 110 cm³/mol. The number of carbonyl (C=O) groups is 2. The summed E-state index contributed by atoms with van der Waals surface area (Å²) in [5.41, 5.74) is 1.23. The minimum atomic E-state index is -0.571. The molecule has 1 heterocycles. The van der Waals surface area contributed by atoms with Gasteiger partial charge in [0, 0.05) is 18.7 Å². The Hall–Kier alpha value is -2.63. The average Bonchev–Trinajstić information content (AvgIpc) is 3.41. The lowest BCUT2D eigenvalue weighted by Crippen LogP contribution is -2.35. The van der Waals surface area contributed by atoms with Gasteiger partial charge in [0.05, 0.1) is 11.7 Å². The van der Waals surface area contributed by atoms with Crippen molar-refractivity contribution in [3.05, 3.63) is 54.9 Å². The SMILES string of the molecule is C=CCCNC(=O)[C@H]1C[C@H]1c1ccnc([C@H](CC=C)NC(=O)OC(C)(C)C)c1. The zero-order valence-corrected chi connectivity index (χ0v) is 17.0. The van der Waals surface area contributed by atoms with Crippen molar-refractivity contribution < 1.29 is 14.3 Å². The highest BCUT2D eigenvalue weighted by molar-refractivity contribution is 5.82. The molecule has 1 saturated carbocycles. The third-order valence-electron chi connectivity index (χ3n) is 4.46. The first-order chi connectivity index (χ1) is 13.2. The summed E-state index contributed by atoms with van der Waals surface area (Å²) in [5.74, 6) is 0.271. The molecular weight excluding hydrogens is 354 g/mol. The number of nitrogens with one attached hydrogen (secondary N) is 2. The van der Waals surface area contributed by atoms with Gasteiger partial charge in [0.1, 0.15) is 5.60 Å². The summed E-state index contributed by atoms with van der Waals surface area (Å²) in [5, 5.41) is 5.80. The fourth-order valence-electron chi connectivity index (χ4n) is 3.04. The fourth-order valence-corrected chi connectivity index (χ4v) is 3.04. The summed E-state index contributed by atoms with van der Waals surface area (Å²) in [4.78, 5) is 28.8. The highest BCUT2D eigenvalue weighted by atomic mass is 16.6. The summed E-state index contributed by atoms with van der Waals surface area (Å²) in [6.07, 6.45) is 6.89. The van der Waals surface area contributed by atoms with Crippen LogP contribution in [0, 0.1) is 5.92 Å². The lowest BCUT2D eigenvalue weighted by molar-refractivity contribution is -0.122. The van der Waals surface area contributed by atoms with E-state index < -0.39 is 11.7 Å². The van der Waals surface area contributed by atoms with Gasteiger partial charge in [-0.05, 0) is 63.6 Å². The average molecular weight is 386 g/mol. The second-order valence-corrected chi connectivity index (χ2v) is 8.05. The minimum absolute atomic E-state index is 0.00302. The molecule has 1 aliphatic carbocycles. The Morgan fingerprint density at radius 1 is 1.36 bits per heavy atom. The topological polar surface area (TPSA) is 80.3 Å². The van der Waals surface area contributed by atoms with E-state index in [1.54, 1.807) is 18.3 Å². The number of ether oxygens (including phenoxy) is 1. The largest absolute Gasteiger partial charge is 0.444 e. The van der Waals surface area contributed by atoms with Crippen molar-refractivity contribution in [1.82, 2.24) is 15.6 Å². The molecule has 1 aliphatic rings. The summed E-state index contributed by atoms with van der Waals surface area (Å²) in [6.45, 7) is 13.5. The van der Waals surface area contributed by atoms with E-state index in [2.05, 4.69) is 28.8 Å². The first-order valence-electron chi connectivity index (χ1n) is 9.70. The number of hydrogen-bond acceptors (Lipinski definition) is 4. The Labute approximate surface area is 167 Å². The zero-order chi connectivity index (χ0) is 20.7. The smallest absolute Gasteiger partial charge is 0.408 e. The van der Waals surface area contributed by atoms with Crippen molar-refractivity contribution >= 4 is 12.0 Å². The van der Waals surface area contributed by atoms with Crippen molar-refractivity contribution in [2.75, 3.05) is 6.54 Å². The summed E-state index contributed by atoms with van der Waals surface area (Å²) in [7, 11) is 0. The maximum Gasteiger partial charge on any atom is 0.408 e. The molecule has 0 saturated heterocycles. The van der Waals surface area contributed by atoms with Crippen LogP contribution in [0.1, 0.15) is 63.3 Å². The van der Waals surface area contributed by atoms with Gasteiger partial charge in [0.25, 0.3) is 0 Å². The summed E-state index contributed by atoms with van der Waals surface area (Å²) >= 11 is 0. The Morgan fingerprint density at radius 3 is 2.75 bits per heavy atom. The van der Waals surface area contributed by atoms with Gasteiger partial charge < -0.3 is 15.4 Å². The van der Waals surface area contributed by atoms with Gasteiger partial charge >= 0.3 is 6.09 Å². The Bertz CT molecular complexity index is 724. The second kappa shape index (κ2) is 9.53. The van der Waals surface area contributed by atoms with E-state index in [1.165, 1.54) is 0 Å². The van der Waals surface area contributed by atoms with E-state index in [4.69, 9.17) is 4.74 Å². The first-order valence-corrected chi connectivity index (χ1v) is 9.70. The van der Waals surface area contributed by atoms with E-state index in [9.17, 15) is 9.59 Å². The molecule has 28 heavy (non-hydrogen) atoms. The molecule has 1 aromatic rings. The molecule has 6 nitrogen and oxygen atoms in total. The molecule has 0 aliphatic heterocycles. The summed E-state index contributed by atoms with van der Waals surface area (Å²) < 4.78 is 5.35. The van der Waals surface area contributed by atoms with Crippen molar-refractivity contribution in [2.24, 2.45) is 5.92 Å². The highest BCUT2D eigenvalue weighted by Crippen LogP contribution is 2.47. The minimum Gasteiger partial charge on any atom is -0.444 e. The van der Waals surface area contributed by atoms with Crippen LogP contribution in [0.25, 0.3) is 0 Å². The quantitative estimate of drug-likeness (QED) is 0.497. The first kappa shape index (κ1) is 21.7. The molecule has 1 aromatic heterocycles. The monoisotopic (exact) mass is 385 g/mol. The molecule has 0 bridgehead atoms. The van der Waals surface area contributed by atoms with Crippen LogP contribution in [0.5, 0.6) is 0 Å². The maximum atomic E-state index is 12.2. The number of amides is 2. The van der Waals surface area contributed by atoms with E-state index in [0.717, 1.165) is 24.1 Å². The molecular formula is C22H31N3O3. The Morgan fingerprint density at radius 2 is 2.11 bits per heavy atom. The molecule has 0 radical (unpaired) electrons. The molecule has 0 unspecified atom stereocenters. The van der Waals surface area contributed by atoms with Crippen LogP contribution < -0.4 is 10.6 Å². The lowest BCUT2D eigenvalue weighted by Gasteiger charge is -2.23. The van der Waals surface area contributed by atoms with Gasteiger partial charge in [-0.2, -0.15) is 0 Å². The molecule has 2 rings (SSSR count). The van der Waals surface area contributed by atoms with Crippen LogP contribution >= 0.6 is 0 Å². The number of aromatic nitrogens is 1. The number of alkyl carbamates (subject to hydrolysis) is 1. The molecule has 0 aromatic carbocycles. The van der Waals surface area contributed by atoms with Gasteiger partial charge in [-0.15, -0.1) is 13.2 Å². The maximum absolute atomic E-state index is 12.2. The third-order valence-corrected chi connectivity index (χ3v) is 4.46. The van der Waals surface area contributed by atoms with Crippen LogP contribution in [-0.4, -0.2) is 29.1 Å². The number of hydrogen-bond donors (Lipinski definition) is 2. The van der Waals surface area contributed by atoms with Crippen LogP contribution in [0.3, 0.4) is 0 Å². The molecule has 2 N–H and O–H groups in total. The van der Waals surface area contributed by atoms with Crippen molar-refractivity contribution in [3.63, 3.8) is 0 Å². The highest BCUT2D eigenvalue weighted by Gasteiger charge is 2.44. The van der Waals surface area contributed by atoms with Gasteiger partial charge in [0.15, 0.2) is 0 Å². The molecule has 3 atom stereocenters. The number of pyridine rings is 1. The third kappa shape index (κ3) is 6.51. The molecule has 6 heteroatoms. The van der Waals surface area contributed by atoms with E-state index >= 15 is 0 Å². The van der Waals surface area contributed by atoms with Crippen LogP contribution in [-0.2, 0) is 9.53 Å². The van der Waals surface area contributed by atoms with E-state index in [0.29, 0.717) is 13.0 Å². The van der Waals surface area contributed by atoms with Crippen LogP contribution in [0.15, 0.2) is 43.6 Å². The van der Waals surface area contributed by atoms with Gasteiger partial charge in [-0.1, -0.05) is 12.2 Å². The second-order valence-electron chi connectivity index (χ2n) is 8.05.